The van der Waals surface area contributed by atoms with E-state index in [4.69, 9.17) is 5.11 Å². The summed E-state index contributed by atoms with van der Waals surface area (Å²) >= 11 is 1.08. The molecule has 0 aliphatic heterocycles. The van der Waals surface area contributed by atoms with Crippen molar-refractivity contribution in [3.8, 4) is 0 Å². The van der Waals surface area contributed by atoms with Crippen molar-refractivity contribution in [2.24, 2.45) is 0 Å². The van der Waals surface area contributed by atoms with Crippen molar-refractivity contribution in [1.29, 1.82) is 0 Å². The first-order valence-corrected chi connectivity index (χ1v) is 3.96. The minimum absolute atomic E-state index is 0.329. The average Bonchev–Trinajstić information content (AvgIpc) is 2.32. The molecule has 0 aliphatic rings. The number of alkyl halides is 3. The van der Waals surface area contributed by atoms with Gasteiger partial charge in [0.1, 0.15) is 0 Å². The van der Waals surface area contributed by atoms with Crippen molar-refractivity contribution in [3.63, 3.8) is 0 Å². The van der Waals surface area contributed by atoms with E-state index in [-0.39, 0.29) is 5.69 Å². The Kier molecular flexibility index (Phi) is 2.39. The molecule has 0 saturated heterocycles. The Labute approximate surface area is 70.7 Å². The largest absolute Gasteiger partial charge is 0.420 e. The molecule has 12 heavy (non-hydrogen) atoms. The van der Waals surface area contributed by atoms with Crippen molar-refractivity contribution in [1.82, 2.24) is 4.98 Å². The Morgan fingerprint density at radius 3 is 2.50 bits per heavy atom. The third kappa shape index (κ3) is 1.95. The number of aryl methyl sites for hydroxylation is 1. The lowest BCUT2D eigenvalue weighted by Gasteiger charge is -2.11. The van der Waals surface area contributed by atoms with Crippen LogP contribution in [0.15, 0.2) is 5.38 Å². The van der Waals surface area contributed by atoms with Crippen molar-refractivity contribution >= 4 is 11.3 Å². The van der Waals surface area contributed by atoms with Gasteiger partial charge in [0, 0.05) is 5.38 Å². The van der Waals surface area contributed by atoms with Crippen LogP contribution in [0.5, 0.6) is 0 Å². The molecule has 1 aromatic heterocycles. The number of aliphatic hydroxyl groups is 1. The van der Waals surface area contributed by atoms with E-state index < -0.39 is 12.3 Å². The number of hydrogen-bond acceptors (Lipinski definition) is 3. The molecular formula is C6H6F3NOS. The molecule has 1 N–H and O–H groups in total. The van der Waals surface area contributed by atoms with E-state index in [1.165, 1.54) is 5.38 Å². The molecule has 0 spiro atoms. The molecule has 0 amide bonds. The Morgan fingerprint density at radius 1 is 1.58 bits per heavy atom. The number of aromatic nitrogens is 1. The highest BCUT2D eigenvalue weighted by atomic mass is 32.1. The van der Waals surface area contributed by atoms with Crippen LogP contribution in [-0.4, -0.2) is 16.3 Å². The number of nitrogens with zero attached hydrogens (tertiary/aromatic N) is 1. The van der Waals surface area contributed by atoms with Crippen LogP contribution >= 0.6 is 11.3 Å². The molecule has 1 atom stereocenters. The summed E-state index contributed by atoms with van der Waals surface area (Å²) in [5.74, 6) is 0. The predicted molar refractivity (Wildman–Crippen MR) is 37.9 cm³/mol. The van der Waals surface area contributed by atoms with Gasteiger partial charge in [-0.25, -0.2) is 4.98 Å². The normalized spacial score (nSPS) is 14.8. The number of hydrogen-bond donors (Lipinski definition) is 1. The summed E-state index contributed by atoms with van der Waals surface area (Å²) in [5, 5.41) is 10.4. The van der Waals surface area contributed by atoms with Crippen LogP contribution < -0.4 is 0 Å². The molecule has 0 radical (unpaired) electrons. The molecule has 1 rings (SSSR count). The topological polar surface area (TPSA) is 33.1 Å². The smallest absolute Gasteiger partial charge is 0.378 e. The molecule has 0 aliphatic carbocycles. The van der Waals surface area contributed by atoms with E-state index in [0.29, 0.717) is 5.01 Å². The van der Waals surface area contributed by atoms with Gasteiger partial charge in [-0.05, 0) is 6.92 Å². The second-order valence-corrected chi connectivity index (χ2v) is 3.30. The van der Waals surface area contributed by atoms with Crippen molar-refractivity contribution < 1.29 is 18.3 Å². The maximum Gasteiger partial charge on any atom is 0.420 e. The molecule has 6 heteroatoms. The first kappa shape index (κ1) is 9.47. The minimum atomic E-state index is -4.62. The van der Waals surface area contributed by atoms with E-state index >= 15 is 0 Å². The van der Waals surface area contributed by atoms with Gasteiger partial charge in [0.05, 0.1) is 10.7 Å². The fraction of sp³-hybridized carbons (Fsp3) is 0.500. The maximum atomic E-state index is 11.9. The van der Waals surface area contributed by atoms with Crippen LogP contribution in [0, 0.1) is 6.92 Å². The van der Waals surface area contributed by atoms with Gasteiger partial charge in [0.25, 0.3) is 0 Å². The van der Waals surface area contributed by atoms with Gasteiger partial charge in [-0.1, -0.05) is 0 Å². The van der Waals surface area contributed by atoms with Crippen molar-refractivity contribution in [2.45, 2.75) is 19.2 Å². The Balaban J connectivity index is 2.85. The second-order valence-electron chi connectivity index (χ2n) is 2.24. The Hall–Kier alpha value is -0.620. The lowest BCUT2D eigenvalue weighted by atomic mass is 10.3. The fourth-order valence-corrected chi connectivity index (χ4v) is 1.30. The molecule has 68 valence electrons. The van der Waals surface area contributed by atoms with Gasteiger partial charge < -0.3 is 5.11 Å². The minimum Gasteiger partial charge on any atom is -0.378 e. The van der Waals surface area contributed by atoms with E-state index in [2.05, 4.69) is 4.98 Å². The predicted octanol–water partition coefficient (Wildman–Crippen LogP) is 2.05. The summed E-state index contributed by atoms with van der Waals surface area (Å²) in [5.41, 5.74) is -0.329. The van der Waals surface area contributed by atoms with Gasteiger partial charge >= 0.3 is 6.18 Å². The zero-order valence-electron chi connectivity index (χ0n) is 6.09. The lowest BCUT2D eigenvalue weighted by Crippen LogP contribution is -2.20. The highest BCUT2D eigenvalue weighted by Crippen LogP contribution is 2.32. The molecule has 0 aromatic carbocycles. The number of halogens is 3. The first-order chi connectivity index (χ1) is 5.41. The van der Waals surface area contributed by atoms with Crippen molar-refractivity contribution in [3.05, 3.63) is 16.1 Å². The molecule has 1 aromatic rings. The van der Waals surface area contributed by atoms with Crippen LogP contribution in [0.3, 0.4) is 0 Å². The molecule has 2 nitrogen and oxygen atoms in total. The highest BCUT2D eigenvalue weighted by molar-refractivity contribution is 7.09. The number of aliphatic hydroxyl groups excluding tert-OH is 1. The highest BCUT2D eigenvalue weighted by Gasteiger charge is 2.40. The summed E-state index contributed by atoms with van der Waals surface area (Å²) in [6.07, 6.45) is -7.08. The van der Waals surface area contributed by atoms with Gasteiger partial charge in [-0.3, -0.25) is 0 Å². The van der Waals surface area contributed by atoms with Crippen LogP contribution in [0.25, 0.3) is 0 Å². The summed E-state index contributed by atoms with van der Waals surface area (Å²) in [6.45, 7) is 1.58. The monoisotopic (exact) mass is 197 g/mol. The summed E-state index contributed by atoms with van der Waals surface area (Å²) in [7, 11) is 0. The first-order valence-electron chi connectivity index (χ1n) is 3.08. The molecule has 1 heterocycles. The molecule has 0 fully saturated rings. The molecule has 0 bridgehead atoms. The fourth-order valence-electron chi connectivity index (χ4n) is 0.673. The average molecular weight is 197 g/mol. The van der Waals surface area contributed by atoms with Gasteiger partial charge in [0.2, 0.25) is 0 Å². The van der Waals surface area contributed by atoms with Crippen LogP contribution in [0.2, 0.25) is 0 Å². The van der Waals surface area contributed by atoms with Crippen molar-refractivity contribution in [2.75, 3.05) is 0 Å². The quantitative estimate of drug-likeness (QED) is 0.747. The summed E-state index contributed by atoms with van der Waals surface area (Å²) in [4.78, 5) is 3.53. The van der Waals surface area contributed by atoms with E-state index in [1.54, 1.807) is 6.92 Å². The number of thiazole rings is 1. The molecule has 0 saturated carbocycles. The molecule has 0 unspecified atom stereocenters. The van der Waals surface area contributed by atoms with E-state index in [1.807, 2.05) is 0 Å². The van der Waals surface area contributed by atoms with E-state index in [9.17, 15) is 13.2 Å². The van der Waals surface area contributed by atoms with Crippen LogP contribution in [0.4, 0.5) is 13.2 Å². The Bertz CT molecular complexity index is 270. The zero-order chi connectivity index (χ0) is 9.35. The van der Waals surface area contributed by atoms with Crippen LogP contribution in [0.1, 0.15) is 16.8 Å². The zero-order valence-corrected chi connectivity index (χ0v) is 6.91. The SMILES string of the molecule is Cc1nc([C@@H](O)C(F)(F)F)cs1. The summed E-state index contributed by atoms with van der Waals surface area (Å²) < 4.78 is 35.6. The molecular weight excluding hydrogens is 191 g/mol. The maximum absolute atomic E-state index is 11.9. The van der Waals surface area contributed by atoms with E-state index in [0.717, 1.165) is 11.3 Å². The summed E-state index contributed by atoms with van der Waals surface area (Å²) in [6, 6.07) is 0. The van der Waals surface area contributed by atoms with Crippen LogP contribution in [-0.2, 0) is 0 Å². The van der Waals surface area contributed by atoms with Gasteiger partial charge in [0.15, 0.2) is 6.10 Å². The standard InChI is InChI=1S/C6H6F3NOS/c1-3-10-4(2-12-3)5(11)6(7,8)9/h2,5,11H,1H3/t5-/m1/s1. The number of rotatable bonds is 1. The third-order valence-electron chi connectivity index (χ3n) is 1.23. The third-order valence-corrected chi connectivity index (χ3v) is 2.02. The van der Waals surface area contributed by atoms with Gasteiger partial charge in [-0.2, -0.15) is 13.2 Å². The lowest BCUT2D eigenvalue weighted by molar-refractivity contribution is -0.207. The Morgan fingerprint density at radius 2 is 2.17 bits per heavy atom. The second kappa shape index (κ2) is 3.02. The van der Waals surface area contributed by atoms with Gasteiger partial charge in [-0.15, -0.1) is 11.3 Å².